The second-order valence-corrected chi connectivity index (χ2v) is 3.75. The van der Waals surface area contributed by atoms with Crippen molar-refractivity contribution in [1.29, 1.82) is 0 Å². The Morgan fingerprint density at radius 1 is 1.35 bits per heavy atom. The van der Waals surface area contributed by atoms with Crippen molar-refractivity contribution in [3.05, 3.63) is 23.9 Å². The first-order chi connectivity index (χ1) is 8.21. The summed E-state index contributed by atoms with van der Waals surface area (Å²) in [6.45, 7) is 0.173. The molecular formula is C12H16N2O3. The van der Waals surface area contributed by atoms with Gasteiger partial charge in [0, 0.05) is 29.8 Å². The molecule has 1 aromatic carbocycles. The Kier molecular flexibility index (Phi) is 3.21. The highest BCUT2D eigenvalue weighted by Gasteiger charge is 2.15. The van der Waals surface area contributed by atoms with Gasteiger partial charge in [-0.05, 0) is 6.07 Å². The standard InChI is InChI=1S/C12H16N2O3/c1-16-7-3-8-9(10(15)5-13)6-14-12(8)11(4-7)17-2/h3-4,6,10,14-15H,5,13H2,1-2H3. The summed E-state index contributed by atoms with van der Waals surface area (Å²) in [5, 5.41) is 10.7. The molecule has 1 heterocycles. The monoisotopic (exact) mass is 236 g/mol. The second-order valence-electron chi connectivity index (χ2n) is 3.75. The van der Waals surface area contributed by atoms with Crippen LogP contribution in [0.4, 0.5) is 0 Å². The van der Waals surface area contributed by atoms with E-state index in [9.17, 15) is 5.11 Å². The maximum absolute atomic E-state index is 9.82. The van der Waals surface area contributed by atoms with Crippen molar-refractivity contribution >= 4 is 10.9 Å². The molecule has 4 N–H and O–H groups in total. The van der Waals surface area contributed by atoms with Crippen LogP contribution in [0, 0.1) is 0 Å². The van der Waals surface area contributed by atoms with Crippen LogP contribution in [-0.2, 0) is 0 Å². The Balaban J connectivity index is 2.65. The van der Waals surface area contributed by atoms with Crippen LogP contribution in [-0.4, -0.2) is 30.9 Å². The van der Waals surface area contributed by atoms with E-state index in [1.807, 2.05) is 6.07 Å². The average Bonchev–Trinajstić information content (AvgIpc) is 2.80. The molecule has 1 aromatic heterocycles. The maximum atomic E-state index is 9.82. The van der Waals surface area contributed by atoms with Gasteiger partial charge in [0.05, 0.1) is 25.8 Å². The minimum atomic E-state index is -0.694. The van der Waals surface area contributed by atoms with Gasteiger partial charge in [-0.3, -0.25) is 0 Å². The molecule has 2 aromatic rings. The Morgan fingerprint density at radius 2 is 2.12 bits per heavy atom. The molecule has 17 heavy (non-hydrogen) atoms. The molecule has 0 saturated carbocycles. The number of benzene rings is 1. The number of nitrogens with two attached hydrogens (primary N) is 1. The number of nitrogens with one attached hydrogen (secondary N) is 1. The topological polar surface area (TPSA) is 80.5 Å². The highest BCUT2D eigenvalue weighted by molar-refractivity contribution is 5.90. The van der Waals surface area contributed by atoms with Crippen LogP contribution in [0.15, 0.2) is 18.3 Å². The molecule has 0 aliphatic rings. The van der Waals surface area contributed by atoms with Crippen molar-refractivity contribution in [2.24, 2.45) is 5.73 Å². The van der Waals surface area contributed by atoms with Gasteiger partial charge in [0.25, 0.3) is 0 Å². The van der Waals surface area contributed by atoms with Gasteiger partial charge in [0.15, 0.2) is 0 Å². The molecule has 2 rings (SSSR count). The van der Waals surface area contributed by atoms with E-state index in [0.29, 0.717) is 11.5 Å². The Labute approximate surface area is 99.1 Å². The third kappa shape index (κ3) is 1.94. The minimum absolute atomic E-state index is 0.173. The highest BCUT2D eigenvalue weighted by atomic mass is 16.5. The lowest BCUT2D eigenvalue weighted by Crippen LogP contribution is -2.10. The first kappa shape index (κ1) is 11.8. The van der Waals surface area contributed by atoms with Gasteiger partial charge < -0.3 is 25.3 Å². The zero-order valence-corrected chi connectivity index (χ0v) is 9.86. The van der Waals surface area contributed by atoms with Crippen molar-refractivity contribution in [2.45, 2.75) is 6.10 Å². The number of aromatic amines is 1. The molecule has 1 atom stereocenters. The molecule has 0 saturated heterocycles. The molecular weight excluding hydrogens is 220 g/mol. The molecule has 0 fully saturated rings. The average molecular weight is 236 g/mol. The van der Waals surface area contributed by atoms with Crippen LogP contribution in [0.1, 0.15) is 11.7 Å². The normalized spacial score (nSPS) is 12.7. The minimum Gasteiger partial charge on any atom is -0.497 e. The lowest BCUT2D eigenvalue weighted by atomic mass is 10.1. The molecule has 0 aliphatic carbocycles. The van der Waals surface area contributed by atoms with Gasteiger partial charge >= 0.3 is 0 Å². The van der Waals surface area contributed by atoms with Gasteiger partial charge in [-0.25, -0.2) is 0 Å². The van der Waals surface area contributed by atoms with E-state index in [1.165, 1.54) is 0 Å². The van der Waals surface area contributed by atoms with Crippen molar-refractivity contribution < 1.29 is 14.6 Å². The van der Waals surface area contributed by atoms with E-state index < -0.39 is 6.10 Å². The van der Waals surface area contributed by atoms with Crippen molar-refractivity contribution in [3.8, 4) is 11.5 Å². The fourth-order valence-electron chi connectivity index (χ4n) is 1.88. The third-order valence-corrected chi connectivity index (χ3v) is 2.80. The summed E-state index contributed by atoms with van der Waals surface area (Å²) in [6, 6.07) is 3.64. The molecule has 0 spiro atoms. The predicted molar refractivity (Wildman–Crippen MR) is 65.4 cm³/mol. The van der Waals surface area contributed by atoms with Gasteiger partial charge in [-0.1, -0.05) is 0 Å². The van der Waals surface area contributed by atoms with Crippen LogP contribution in [0.2, 0.25) is 0 Å². The first-order valence-corrected chi connectivity index (χ1v) is 5.32. The Bertz CT molecular complexity index is 522. The summed E-state index contributed by atoms with van der Waals surface area (Å²) < 4.78 is 10.5. The number of methoxy groups -OCH3 is 2. The number of hydrogen-bond acceptors (Lipinski definition) is 4. The number of ether oxygens (including phenoxy) is 2. The number of aliphatic hydroxyl groups excluding tert-OH is 1. The lowest BCUT2D eigenvalue weighted by Gasteiger charge is -2.09. The molecule has 0 aliphatic heterocycles. The number of H-pyrrole nitrogens is 1. The smallest absolute Gasteiger partial charge is 0.146 e. The summed E-state index contributed by atoms with van der Waals surface area (Å²) in [4.78, 5) is 3.08. The summed E-state index contributed by atoms with van der Waals surface area (Å²) in [5.74, 6) is 1.36. The number of rotatable bonds is 4. The lowest BCUT2D eigenvalue weighted by molar-refractivity contribution is 0.188. The number of fused-ring (bicyclic) bond motifs is 1. The van der Waals surface area contributed by atoms with E-state index in [-0.39, 0.29) is 6.54 Å². The van der Waals surface area contributed by atoms with Gasteiger partial charge in [-0.15, -0.1) is 0 Å². The van der Waals surface area contributed by atoms with Crippen LogP contribution < -0.4 is 15.2 Å². The van der Waals surface area contributed by atoms with Crippen molar-refractivity contribution in [3.63, 3.8) is 0 Å². The molecule has 1 unspecified atom stereocenters. The SMILES string of the molecule is COc1cc(OC)c2[nH]cc(C(O)CN)c2c1. The highest BCUT2D eigenvalue weighted by Crippen LogP contribution is 2.34. The maximum Gasteiger partial charge on any atom is 0.146 e. The molecule has 5 heteroatoms. The Morgan fingerprint density at radius 3 is 2.71 bits per heavy atom. The van der Waals surface area contributed by atoms with Crippen LogP contribution in [0.5, 0.6) is 11.5 Å². The summed E-state index contributed by atoms with van der Waals surface area (Å²) >= 11 is 0. The van der Waals surface area contributed by atoms with E-state index in [0.717, 1.165) is 16.5 Å². The quantitative estimate of drug-likeness (QED) is 0.744. The molecule has 5 nitrogen and oxygen atoms in total. The summed E-state index contributed by atoms with van der Waals surface area (Å²) in [6.07, 6.45) is 1.05. The molecule has 0 radical (unpaired) electrons. The van der Waals surface area contributed by atoms with E-state index in [2.05, 4.69) is 4.98 Å². The van der Waals surface area contributed by atoms with Gasteiger partial charge in [-0.2, -0.15) is 0 Å². The van der Waals surface area contributed by atoms with Gasteiger partial charge in [0.1, 0.15) is 11.5 Å². The zero-order chi connectivity index (χ0) is 12.4. The van der Waals surface area contributed by atoms with Crippen LogP contribution >= 0.6 is 0 Å². The third-order valence-electron chi connectivity index (χ3n) is 2.80. The number of aromatic nitrogens is 1. The number of aliphatic hydroxyl groups is 1. The largest absolute Gasteiger partial charge is 0.497 e. The summed E-state index contributed by atoms with van der Waals surface area (Å²) in [5.41, 5.74) is 7.05. The van der Waals surface area contributed by atoms with Crippen LogP contribution in [0.3, 0.4) is 0 Å². The summed E-state index contributed by atoms with van der Waals surface area (Å²) in [7, 11) is 3.18. The van der Waals surface area contributed by atoms with Crippen LogP contribution in [0.25, 0.3) is 10.9 Å². The molecule has 0 bridgehead atoms. The Hall–Kier alpha value is -1.72. The van der Waals surface area contributed by atoms with E-state index in [4.69, 9.17) is 15.2 Å². The zero-order valence-electron chi connectivity index (χ0n) is 9.86. The van der Waals surface area contributed by atoms with Crippen molar-refractivity contribution in [1.82, 2.24) is 4.98 Å². The fourth-order valence-corrected chi connectivity index (χ4v) is 1.88. The fraction of sp³-hybridized carbons (Fsp3) is 0.333. The predicted octanol–water partition coefficient (Wildman–Crippen LogP) is 1.18. The number of hydrogen-bond donors (Lipinski definition) is 3. The van der Waals surface area contributed by atoms with Gasteiger partial charge in [0.2, 0.25) is 0 Å². The molecule has 92 valence electrons. The first-order valence-electron chi connectivity index (χ1n) is 5.32. The van der Waals surface area contributed by atoms with E-state index >= 15 is 0 Å². The van der Waals surface area contributed by atoms with Crippen molar-refractivity contribution in [2.75, 3.05) is 20.8 Å². The second kappa shape index (κ2) is 4.65. The van der Waals surface area contributed by atoms with E-state index in [1.54, 1.807) is 26.5 Å². The molecule has 0 amide bonds.